The molecule has 3 nitrogen and oxygen atoms in total. The second-order valence-electron chi connectivity index (χ2n) is 4.19. The van der Waals surface area contributed by atoms with Crippen molar-refractivity contribution in [3.8, 4) is 5.75 Å². The first kappa shape index (κ1) is 14.8. The molecule has 2 aromatic rings. The van der Waals surface area contributed by atoms with Gasteiger partial charge in [0.15, 0.2) is 6.10 Å². The number of carbonyl (C=O) groups excluding carboxylic acids is 1. The zero-order valence-corrected chi connectivity index (χ0v) is 12.9. The van der Waals surface area contributed by atoms with Crippen LogP contribution in [0.1, 0.15) is 6.92 Å². The molecule has 1 amide bonds. The van der Waals surface area contributed by atoms with Gasteiger partial charge in [0.25, 0.3) is 5.91 Å². The van der Waals surface area contributed by atoms with Gasteiger partial charge < -0.3 is 10.1 Å². The Hall–Kier alpha value is -1.63. The maximum Gasteiger partial charge on any atom is 0.265 e. The average molecular weight is 385 g/mol. The summed E-state index contributed by atoms with van der Waals surface area (Å²) in [4.78, 5) is 11.9. The molecule has 0 bridgehead atoms. The molecule has 1 atom stereocenters. The van der Waals surface area contributed by atoms with Crippen molar-refractivity contribution < 1.29 is 13.9 Å². The van der Waals surface area contributed by atoms with Crippen LogP contribution in [0, 0.1) is 9.39 Å². The molecule has 0 aromatic heterocycles. The fraction of sp³-hybridized carbons (Fsp3) is 0.133. The van der Waals surface area contributed by atoms with Crippen LogP contribution in [0.3, 0.4) is 0 Å². The Morgan fingerprint density at radius 3 is 2.70 bits per heavy atom. The molecule has 20 heavy (non-hydrogen) atoms. The summed E-state index contributed by atoms with van der Waals surface area (Å²) < 4.78 is 20.0. The molecule has 0 spiro atoms. The first-order valence-electron chi connectivity index (χ1n) is 6.04. The zero-order chi connectivity index (χ0) is 14.5. The normalized spacial score (nSPS) is 11.8. The Bertz CT molecular complexity index is 618. The van der Waals surface area contributed by atoms with E-state index in [1.807, 2.05) is 18.2 Å². The third-order valence-corrected chi connectivity index (χ3v) is 3.28. The van der Waals surface area contributed by atoms with Crippen LogP contribution in [0.15, 0.2) is 48.5 Å². The summed E-state index contributed by atoms with van der Waals surface area (Å²) in [6.07, 6.45) is -0.715. The van der Waals surface area contributed by atoms with Crippen molar-refractivity contribution in [3.05, 3.63) is 57.9 Å². The number of rotatable bonds is 4. The molecule has 2 aromatic carbocycles. The Morgan fingerprint density at radius 1 is 1.25 bits per heavy atom. The Labute approximate surface area is 130 Å². The van der Waals surface area contributed by atoms with Crippen LogP contribution in [-0.2, 0) is 4.79 Å². The van der Waals surface area contributed by atoms with Crippen molar-refractivity contribution in [2.24, 2.45) is 0 Å². The molecule has 0 unspecified atom stereocenters. The number of carbonyl (C=O) groups is 1. The van der Waals surface area contributed by atoms with E-state index in [0.29, 0.717) is 5.75 Å². The van der Waals surface area contributed by atoms with E-state index in [0.717, 1.165) is 3.57 Å². The van der Waals surface area contributed by atoms with Crippen molar-refractivity contribution in [1.82, 2.24) is 0 Å². The summed E-state index contributed by atoms with van der Waals surface area (Å²) in [5.74, 6) is -0.260. The zero-order valence-electron chi connectivity index (χ0n) is 10.8. The van der Waals surface area contributed by atoms with Gasteiger partial charge in [-0.1, -0.05) is 18.2 Å². The number of halogens is 2. The maximum atomic E-state index is 13.4. The van der Waals surface area contributed by atoms with Gasteiger partial charge in [0.05, 0.1) is 5.69 Å². The van der Waals surface area contributed by atoms with Crippen molar-refractivity contribution in [2.75, 3.05) is 5.32 Å². The summed E-state index contributed by atoms with van der Waals surface area (Å²) >= 11 is 2.16. The van der Waals surface area contributed by atoms with E-state index in [-0.39, 0.29) is 5.69 Å². The molecule has 0 heterocycles. The predicted molar refractivity (Wildman–Crippen MR) is 84.3 cm³/mol. The van der Waals surface area contributed by atoms with Gasteiger partial charge in [-0.05, 0) is 59.8 Å². The molecular weight excluding hydrogens is 372 g/mol. The Kier molecular flexibility index (Phi) is 4.94. The molecule has 0 aliphatic rings. The topological polar surface area (TPSA) is 38.3 Å². The van der Waals surface area contributed by atoms with Gasteiger partial charge in [-0.25, -0.2) is 4.39 Å². The van der Waals surface area contributed by atoms with Crippen molar-refractivity contribution >= 4 is 34.2 Å². The summed E-state index contributed by atoms with van der Waals surface area (Å²) in [7, 11) is 0. The van der Waals surface area contributed by atoms with E-state index in [4.69, 9.17) is 4.74 Å². The van der Waals surface area contributed by atoms with E-state index >= 15 is 0 Å². The largest absolute Gasteiger partial charge is 0.481 e. The predicted octanol–water partition coefficient (Wildman–Crippen LogP) is 3.84. The number of hydrogen-bond acceptors (Lipinski definition) is 2. The number of para-hydroxylation sites is 1. The summed E-state index contributed by atoms with van der Waals surface area (Å²) in [6, 6.07) is 13.4. The molecule has 0 fully saturated rings. The van der Waals surface area contributed by atoms with Gasteiger partial charge in [-0.15, -0.1) is 0 Å². The van der Waals surface area contributed by atoms with Gasteiger partial charge in [0.2, 0.25) is 0 Å². The molecule has 0 aliphatic heterocycles. The minimum Gasteiger partial charge on any atom is -0.481 e. The minimum atomic E-state index is -0.715. The lowest BCUT2D eigenvalue weighted by Crippen LogP contribution is -2.30. The molecule has 0 saturated carbocycles. The summed E-state index contributed by atoms with van der Waals surface area (Å²) in [5.41, 5.74) is 0.149. The first-order chi connectivity index (χ1) is 9.56. The summed E-state index contributed by atoms with van der Waals surface area (Å²) in [6.45, 7) is 1.62. The molecule has 104 valence electrons. The average Bonchev–Trinajstić information content (AvgIpc) is 2.41. The second kappa shape index (κ2) is 6.69. The van der Waals surface area contributed by atoms with Gasteiger partial charge in [0, 0.05) is 3.57 Å². The number of benzene rings is 2. The summed E-state index contributed by atoms with van der Waals surface area (Å²) in [5, 5.41) is 2.50. The standard InChI is InChI=1S/C15H13FINO2/c1-10(20-12-6-4-5-11(17)9-12)15(19)18-14-8-3-2-7-13(14)16/h2-10H,1H3,(H,18,19)/t10-/m1/s1. The molecule has 0 aliphatic carbocycles. The smallest absolute Gasteiger partial charge is 0.265 e. The van der Waals surface area contributed by atoms with Crippen molar-refractivity contribution in [2.45, 2.75) is 13.0 Å². The van der Waals surface area contributed by atoms with Gasteiger partial charge in [0.1, 0.15) is 11.6 Å². The van der Waals surface area contributed by atoms with Crippen LogP contribution >= 0.6 is 22.6 Å². The van der Waals surface area contributed by atoms with Gasteiger partial charge >= 0.3 is 0 Å². The number of amides is 1. The second-order valence-corrected chi connectivity index (χ2v) is 5.43. The van der Waals surface area contributed by atoms with E-state index < -0.39 is 17.8 Å². The lowest BCUT2D eigenvalue weighted by atomic mass is 10.3. The third-order valence-electron chi connectivity index (χ3n) is 2.61. The van der Waals surface area contributed by atoms with Crippen LogP contribution in [0.5, 0.6) is 5.75 Å². The number of hydrogen-bond donors (Lipinski definition) is 1. The Balaban J connectivity index is 2.01. The van der Waals surface area contributed by atoms with E-state index in [1.54, 1.807) is 25.1 Å². The number of ether oxygens (including phenoxy) is 1. The molecule has 1 N–H and O–H groups in total. The van der Waals surface area contributed by atoms with Crippen LogP contribution in [0.25, 0.3) is 0 Å². The maximum absolute atomic E-state index is 13.4. The SMILES string of the molecule is C[C@@H](Oc1cccc(I)c1)C(=O)Nc1ccccc1F. The van der Waals surface area contributed by atoms with Crippen LogP contribution in [0.4, 0.5) is 10.1 Å². The monoisotopic (exact) mass is 385 g/mol. The fourth-order valence-electron chi connectivity index (χ4n) is 1.59. The molecule has 2 rings (SSSR count). The van der Waals surface area contributed by atoms with E-state index in [2.05, 4.69) is 27.9 Å². The molecular formula is C15H13FINO2. The molecule has 0 radical (unpaired) electrons. The van der Waals surface area contributed by atoms with Crippen LogP contribution in [0.2, 0.25) is 0 Å². The fourth-order valence-corrected chi connectivity index (χ4v) is 2.11. The number of anilines is 1. The van der Waals surface area contributed by atoms with Crippen molar-refractivity contribution in [3.63, 3.8) is 0 Å². The lowest BCUT2D eigenvalue weighted by Gasteiger charge is -2.15. The highest BCUT2D eigenvalue weighted by molar-refractivity contribution is 14.1. The van der Waals surface area contributed by atoms with E-state index in [9.17, 15) is 9.18 Å². The molecule has 5 heteroatoms. The third kappa shape index (κ3) is 3.93. The van der Waals surface area contributed by atoms with Crippen LogP contribution in [-0.4, -0.2) is 12.0 Å². The van der Waals surface area contributed by atoms with Gasteiger partial charge in [-0.2, -0.15) is 0 Å². The van der Waals surface area contributed by atoms with E-state index in [1.165, 1.54) is 12.1 Å². The molecule has 0 saturated heterocycles. The highest BCUT2D eigenvalue weighted by Gasteiger charge is 2.16. The van der Waals surface area contributed by atoms with Crippen molar-refractivity contribution in [1.29, 1.82) is 0 Å². The minimum absolute atomic E-state index is 0.149. The Morgan fingerprint density at radius 2 is 2.00 bits per heavy atom. The van der Waals surface area contributed by atoms with Gasteiger partial charge in [-0.3, -0.25) is 4.79 Å². The highest BCUT2D eigenvalue weighted by Crippen LogP contribution is 2.17. The first-order valence-corrected chi connectivity index (χ1v) is 7.12. The quantitative estimate of drug-likeness (QED) is 0.813. The lowest BCUT2D eigenvalue weighted by molar-refractivity contribution is -0.122. The van der Waals surface area contributed by atoms with Crippen LogP contribution < -0.4 is 10.1 Å². The highest BCUT2D eigenvalue weighted by atomic mass is 127. The number of nitrogens with one attached hydrogen (secondary N) is 1.